The second-order valence-electron chi connectivity index (χ2n) is 10.9. The number of carbonyl (C=O) groups is 1. The molecule has 1 saturated carbocycles. The molecule has 1 saturated heterocycles. The molecule has 38 heavy (non-hydrogen) atoms. The Kier molecular flexibility index (Phi) is 7.20. The average molecular weight is 524 g/mol. The highest BCUT2D eigenvalue weighted by Gasteiger charge is 2.34. The van der Waals surface area contributed by atoms with Crippen LogP contribution in [0.15, 0.2) is 36.4 Å². The number of hydrogen-bond acceptors (Lipinski definition) is 4. The van der Waals surface area contributed by atoms with Crippen molar-refractivity contribution in [2.24, 2.45) is 0 Å². The maximum Gasteiger partial charge on any atom is 0.335 e. The van der Waals surface area contributed by atoms with Crippen molar-refractivity contribution in [1.82, 2.24) is 14.4 Å². The molecule has 0 amide bonds. The monoisotopic (exact) mass is 523 g/mol. The zero-order chi connectivity index (χ0) is 26.2. The van der Waals surface area contributed by atoms with Crippen molar-refractivity contribution in [2.75, 3.05) is 45.9 Å². The molecule has 0 unspecified atom stereocenters. The lowest BCUT2D eigenvalue weighted by Crippen LogP contribution is -2.42. The number of alkyl halides is 1. The van der Waals surface area contributed by atoms with Gasteiger partial charge in [-0.2, -0.15) is 0 Å². The molecule has 1 N–H and O–H groups in total. The molecule has 6 nitrogen and oxygen atoms in total. The van der Waals surface area contributed by atoms with E-state index >= 15 is 8.78 Å². The summed E-state index contributed by atoms with van der Waals surface area (Å²) in [5.74, 6) is -1.53. The van der Waals surface area contributed by atoms with Gasteiger partial charge in [0.15, 0.2) is 0 Å². The molecule has 3 aliphatic rings. The zero-order valence-corrected chi connectivity index (χ0v) is 21.7. The second-order valence-corrected chi connectivity index (χ2v) is 10.9. The number of carboxylic acid groups (broad SMARTS) is 1. The maximum atomic E-state index is 15.5. The van der Waals surface area contributed by atoms with E-state index < -0.39 is 12.1 Å². The summed E-state index contributed by atoms with van der Waals surface area (Å²) >= 11 is 0. The van der Waals surface area contributed by atoms with Crippen LogP contribution in [0.25, 0.3) is 22.2 Å². The first-order chi connectivity index (χ1) is 18.5. The first kappa shape index (κ1) is 25.5. The largest absolute Gasteiger partial charge is 0.478 e. The third-order valence-corrected chi connectivity index (χ3v) is 8.63. The van der Waals surface area contributed by atoms with Gasteiger partial charge >= 0.3 is 5.97 Å². The Balaban J connectivity index is 1.48. The van der Waals surface area contributed by atoms with Crippen LogP contribution in [0, 0.1) is 5.82 Å². The fourth-order valence-electron chi connectivity index (χ4n) is 6.60. The Morgan fingerprint density at radius 1 is 1.00 bits per heavy atom. The number of benzene rings is 2. The molecule has 1 aliphatic carbocycles. The van der Waals surface area contributed by atoms with E-state index in [2.05, 4.69) is 14.4 Å². The maximum absolute atomic E-state index is 15.5. The van der Waals surface area contributed by atoms with Crippen LogP contribution >= 0.6 is 0 Å². The van der Waals surface area contributed by atoms with Gasteiger partial charge < -0.3 is 14.4 Å². The van der Waals surface area contributed by atoms with Gasteiger partial charge in [0.1, 0.15) is 12.0 Å². The molecule has 3 heterocycles. The van der Waals surface area contributed by atoms with Crippen molar-refractivity contribution < 1.29 is 23.4 Å². The summed E-state index contributed by atoms with van der Waals surface area (Å²) in [5, 5.41) is 10.6. The van der Waals surface area contributed by atoms with E-state index in [1.165, 1.54) is 6.07 Å². The molecule has 1 aromatic heterocycles. The van der Waals surface area contributed by atoms with E-state index in [0.29, 0.717) is 31.6 Å². The van der Waals surface area contributed by atoms with Crippen LogP contribution < -0.4 is 0 Å². The number of halogens is 2. The topological polar surface area (TPSA) is 57.9 Å². The van der Waals surface area contributed by atoms with Crippen LogP contribution in [0.5, 0.6) is 0 Å². The number of carboxylic acids is 1. The van der Waals surface area contributed by atoms with Crippen molar-refractivity contribution in [3.05, 3.63) is 58.9 Å². The SMILES string of the molecule is O=C(O)c1ccc2c([C@H]3CCCC[C@@H]3F)c3n(c2c1)CCN(CCN1CCOCC1)Cc1c(F)cccc1-3. The Hall–Kier alpha value is -2.81. The van der Waals surface area contributed by atoms with Crippen LogP contribution in [-0.4, -0.2) is 77.6 Å². The van der Waals surface area contributed by atoms with E-state index in [9.17, 15) is 9.90 Å². The Morgan fingerprint density at radius 3 is 2.58 bits per heavy atom. The van der Waals surface area contributed by atoms with Crippen molar-refractivity contribution in [2.45, 2.75) is 50.9 Å². The molecule has 2 atom stereocenters. The van der Waals surface area contributed by atoms with Gasteiger partial charge in [-0.3, -0.25) is 9.80 Å². The van der Waals surface area contributed by atoms with Gasteiger partial charge in [-0.1, -0.05) is 31.0 Å². The van der Waals surface area contributed by atoms with Crippen molar-refractivity contribution >= 4 is 16.9 Å². The zero-order valence-electron chi connectivity index (χ0n) is 21.7. The summed E-state index contributed by atoms with van der Waals surface area (Å²) in [5.41, 5.74) is 4.19. The molecule has 0 radical (unpaired) electrons. The molecule has 2 aliphatic heterocycles. The molecule has 2 aromatic carbocycles. The minimum Gasteiger partial charge on any atom is -0.478 e. The lowest BCUT2D eigenvalue weighted by Gasteiger charge is -2.33. The molecule has 202 valence electrons. The number of aromatic carboxylic acids is 1. The molecule has 3 aromatic rings. The van der Waals surface area contributed by atoms with E-state index in [-0.39, 0.29) is 17.3 Å². The minimum atomic E-state index is -0.991. The third kappa shape index (κ3) is 4.74. The molecular formula is C30H35F2N3O3. The fraction of sp³-hybridized carbons (Fsp3) is 0.500. The number of ether oxygens (including phenoxy) is 1. The van der Waals surface area contributed by atoms with Crippen molar-refractivity contribution in [3.8, 4) is 11.3 Å². The molecule has 2 fully saturated rings. The van der Waals surface area contributed by atoms with Crippen LogP contribution in [0.4, 0.5) is 8.78 Å². The van der Waals surface area contributed by atoms with E-state index in [4.69, 9.17) is 4.74 Å². The van der Waals surface area contributed by atoms with E-state index in [1.807, 2.05) is 12.1 Å². The van der Waals surface area contributed by atoms with Crippen molar-refractivity contribution in [3.63, 3.8) is 0 Å². The first-order valence-electron chi connectivity index (χ1n) is 13.8. The van der Waals surface area contributed by atoms with Crippen LogP contribution in [0.3, 0.4) is 0 Å². The Labute approximate surface area is 221 Å². The molecule has 8 heteroatoms. The first-order valence-corrected chi connectivity index (χ1v) is 13.8. The summed E-state index contributed by atoms with van der Waals surface area (Å²) in [6.45, 7) is 6.75. The van der Waals surface area contributed by atoms with E-state index in [0.717, 1.165) is 86.4 Å². The molecular weight excluding hydrogens is 488 g/mol. The highest BCUT2D eigenvalue weighted by atomic mass is 19.1. The van der Waals surface area contributed by atoms with Gasteiger partial charge in [0.2, 0.25) is 0 Å². The predicted octanol–water partition coefficient (Wildman–Crippen LogP) is 5.29. The summed E-state index contributed by atoms with van der Waals surface area (Å²) in [6, 6.07) is 10.3. The summed E-state index contributed by atoms with van der Waals surface area (Å²) in [4.78, 5) is 16.5. The lowest BCUT2D eigenvalue weighted by molar-refractivity contribution is 0.0327. The van der Waals surface area contributed by atoms with Crippen LogP contribution in [-0.2, 0) is 17.8 Å². The van der Waals surface area contributed by atoms with Gasteiger partial charge in [-0.25, -0.2) is 13.6 Å². The summed E-state index contributed by atoms with van der Waals surface area (Å²) < 4.78 is 38.6. The van der Waals surface area contributed by atoms with Gasteiger partial charge in [0.25, 0.3) is 0 Å². The third-order valence-electron chi connectivity index (χ3n) is 8.63. The van der Waals surface area contributed by atoms with Gasteiger partial charge in [-0.05, 0) is 36.6 Å². The van der Waals surface area contributed by atoms with Gasteiger partial charge in [0, 0.05) is 73.8 Å². The quantitative estimate of drug-likeness (QED) is 0.493. The predicted molar refractivity (Wildman–Crippen MR) is 143 cm³/mol. The van der Waals surface area contributed by atoms with Crippen LogP contribution in [0.2, 0.25) is 0 Å². The number of aromatic nitrogens is 1. The number of fused-ring (bicyclic) bond motifs is 5. The van der Waals surface area contributed by atoms with Crippen molar-refractivity contribution in [1.29, 1.82) is 0 Å². The Morgan fingerprint density at radius 2 is 1.79 bits per heavy atom. The Bertz CT molecular complexity index is 1330. The van der Waals surface area contributed by atoms with Gasteiger partial charge in [-0.15, -0.1) is 0 Å². The summed E-state index contributed by atoms with van der Waals surface area (Å²) in [6.07, 6.45) is 2.12. The normalized spacial score (nSPS) is 23.0. The summed E-state index contributed by atoms with van der Waals surface area (Å²) in [7, 11) is 0. The minimum absolute atomic E-state index is 0.204. The average Bonchev–Trinajstić information content (AvgIpc) is 3.23. The fourth-order valence-corrected chi connectivity index (χ4v) is 6.60. The van der Waals surface area contributed by atoms with Gasteiger partial charge in [0.05, 0.1) is 24.5 Å². The number of morpholine rings is 1. The van der Waals surface area contributed by atoms with Crippen LogP contribution in [0.1, 0.15) is 53.1 Å². The number of hydrogen-bond donors (Lipinski definition) is 1. The molecule has 6 rings (SSSR count). The molecule has 0 spiro atoms. The number of rotatable bonds is 5. The number of nitrogens with zero attached hydrogens (tertiary/aromatic N) is 3. The van der Waals surface area contributed by atoms with E-state index in [1.54, 1.807) is 18.2 Å². The lowest BCUT2D eigenvalue weighted by atomic mass is 9.80. The smallest absolute Gasteiger partial charge is 0.335 e. The molecule has 0 bridgehead atoms. The second kappa shape index (κ2) is 10.8. The highest BCUT2D eigenvalue weighted by Crippen LogP contribution is 2.46. The highest BCUT2D eigenvalue weighted by molar-refractivity contribution is 5.98. The standard InChI is InChI=1S/C30H35F2N3O3/c31-25-6-2-1-4-22(25)28-23-9-8-20(30(36)37)18-27(23)35-13-12-34(11-10-33-14-16-38-17-15-33)19-24-21(29(28)35)5-3-7-26(24)32/h3,5,7-9,18,22,25H,1-2,4,6,10-17,19H2,(H,36,37)/t22-,25-/m0/s1.